The predicted molar refractivity (Wildman–Crippen MR) is 82.1 cm³/mol. The van der Waals surface area contributed by atoms with Crippen LogP contribution in [-0.4, -0.2) is 11.9 Å². The highest BCUT2D eigenvalue weighted by molar-refractivity contribution is 5.78. The van der Waals surface area contributed by atoms with Crippen LogP contribution in [0.25, 0.3) is 0 Å². The number of rotatable bonds is 4. The Morgan fingerprint density at radius 1 is 1.15 bits per heavy atom. The summed E-state index contributed by atoms with van der Waals surface area (Å²) in [5, 5.41) is 3.18. The molecule has 1 aliphatic carbocycles. The Morgan fingerprint density at radius 2 is 1.80 bits per heavy atom. The van der Waals surface area contributed by atoms with E-state index in [0.717, 1.165) is 29.9 Å². The minimum absolute atomic E-state index is 0.136. The van der Waals surface area contributed by atoms with E-state index in [1.165, 1.54) is 6.42 Å². The highest BCUT2D eigenvalue weighted by Crippen LogP contribution is 2.29. The Kier molecular flexibility index (Phi) is 5.18. The van der Waals surface area contributed by atoms with Gasteiger partial charge in [0, 0.05) is 12.6 Å². The molecule has 2 rings (SSSR count). The Labute approximate surface area is 121 Å². The van der Waals surface area contributed by atoms with Crippen LogP contribution < -0.4 is 11.1 Å². The lowest BCUT2D eigenvalue weighted by atomic mass is 9.79. The van der Waals surface area contributed by atoms with Gasteiger partial charge in [-0.15, -0.1) is 0 Å². The van der Waals surface area contributed by atoms with E-state index >= 15 is 0 Å². The van der Waals surface area contributed by atoms with Gasteiger partial charge in [-0.1, -0.05) is 38.1 Å². The molecule has 3 N–H and O–H groups in total. The largest absolute Gasteiger partial charge is 0.353 e. The monoisotopic (exact) mass is 274 g/mol. The van der Waals surface area contributed by atoms with Gasteiger partial charge in [0.1, 0.15) is 0 Å². The lowest BCUT2D eigenvalue weighted by molar-refractivity contribution is -0.121. The number of hydrogen-bond acceptors (Lipinski definition) is 2. The summed E-state index contributed by atoms with van der Waals surface area (Å²) in [5.41, 5.74) is 7.72. The van der Waals surface area contributed by atoms with Gasteiger partial charge in [0.05, 0.1) is 6.42 Å². The molecule has 0 bridgehead atoms. The molecule has 20 heavy (non-hydrogen) atoms. The van der Waals surface area contributed by atoms with Gasteiger partial charge < -0.3 is 11.1 Å². The maximum atomic E-state index is 12.1. The summed E-state index contributed by atoms with van der Waals surface area (Å²) in [7, 11) is 0. The van der Waals surface area contributed by atoms with E-state index in [9.17, 15) is 4.79 Å². The van der Waals surface area contributed by atoms with Gasteiger partial charge in [0.15, 0.2) is 0 Å². The topological polar surface area (TPSA) is 55.1 Å². The van der Waals surface area contributed by atoms with E-state index in [0.29, 0.717) is 24.9 Å². The summed E-state index contributed by atoms with van der Waals surface area (Å²) >= 11 is 0. The van der Waals surface area contributed by atoms with Crippen LogP contribution in [0.15, 0.2) is 24.3 Å². The molecule has 1 fully saturated rings. The van der Waals surface area contributed by atoms with E-state index in [1.807, 2.05) is 24.3 Å². The second kappa shape index (κ2) is 6.89. The molecule has 3 unspecified atom stereocenters. The van der Waals surface area contributed by atoms with E-state index in [2.05, 4.69) is 19.2 Å². The van der Waals surface area contributed by atoms with Crippen molar-refractivity contribution in [1.82, 2.24) is 5.32 Å². The molecule has 1 aliphatic rings. The summed E-state index contributed by atoms with van der Waals surface area (Å²) in [4.78, 5) is 12.1. The number of amides is 1. The maximum Gasteiger partial charge on any atom is 0.224 e. The van der Waals surface area contributed by atoms with Crippen molar-refractivity contribution in [2.75, 3.05) is 0 Å². The first kappa shape index (κ1) is 15.0. The standard InChI is InChI=1S/C17H26N2O/c1-12-3-8-16(9-13(12)2)19-17(20)10-14-4-6-15(11-18)7-5-14/h4-7,12-13,16H,3,8-11,18H2,1-2H3,(H,19,20). The highest BCUT2D eigenvalue weighted by Gasteiger charge is 2.25. The first-order chi connectivity index (χ1) is 9.58. The summed E-state index contributed by atoms with van der Waals surface area (Å²) in [5.74, 6) is 1.63. The van der Waals surface area contributed by atoms with Crippen molar-refractivity contribution in [3.8, 4) is 0 Å². The molecule has 0 radical (unpaired) electrons. The average Bonchev–Trinajstić information content (AvgIpc) is 2.44. The summed E-state index contributed by atoms with van der Waals surface area (Å²) < 4.78 is 0. The van der Waals surface area contributed by atoms with Crippen molar-refractivity contribution >= 4 is 5.91 Å². The van der Waals surface area contributed by atoms with Crippen LogP contribution >= 0.6 is 0 Å². The van der Waals surface area contributed by atoms with Crippen LogP contribution in [0.4, 0.5) is 0 Å². The van der Waals surface area contributed by atoms with Crippen molar-refractivity contribution in [2.24, 2.45) is 17.6 Å². The normalized spacial score (nSPS) is 26.2. The second-order valence-corrected chi connectivity index (χ2v) is 6.23. The first-order valence-electron chi connectivity index (χ1n) is 7.65. The van der Waals surface area contributed by atoms with Crippen LogP contribution in [-0.2, 0) is 17.8 Å². The van der Waals surface area contributed by atoms with E-state index in [-0.39, 0.29) is 5.91 Å². The van der Waals surface area contributed by atoms with Crippen molar-refractivity contribution in [3.05, 3.63) is 35.4 Å². The third kappa shape index (κ3) is 4.07. The fourth-order valence-corrected chi connectivity index (χ4v) is 2.94. The fourth-order valence-electron chi connectivity index (χ4n) is 2.94. The van der Waals surface area contributed by atoms with Crippen LogP contribution in [0.3, 0.4) is 0 Å². The predicted octanol–water partition coefficient (Wildman–Crippen LogP) is 2.63. The SMILES string of the molecule is CC1CCC(NC(=O)Cc2ccc(CN)cc2)CC1C. The number of carbonyl (C=O) groups excluding carboxylic acids is 1. The molecule has 1 amide bonds. The zero-order valence-corrected chi connectivity index (χ0v) is 12.6. The van der Waals surface area contributed by atoms with Gasteiger partial charge in [-0.3, -0.25) is 4.79 Å². The third-order valence-electron chi connectivity index (χ3n) is 4.59. The highest BCUT2D eigenvalue weighted by atomic mass is 16.1. The molecule has 1 aromatic rings. The molecule has 0 heterocycles. The molecular weight excluding hydrogens is 248 g/mol. The lowest BCUT2D eigenvalue weighted by Gasteiger charge is -2.32. The van der Waals surface area contributed by atoms with E-state index in [4.69, 9.17) is 5.73 Å². The Balaban J connectivity index is 1.82. The number of nitrogens with one attached hydrogen (secondary N) is 1. The third-order valence-corrected chi connectivity index (χ3v) is 4.59. The van der Waals surface area contributed by atoms with Crippen LogP contribution in [0, 0.1) is 11.8 Å². The van der Waals surface area contributed by atoms with Crippen LogP contribution in [0.2, 0.25) is 0 Å². The Morgan fingerprint density at radius 3 is 2.40 bits per heavy atom. The van der Waals surface area contributed by atoms with Crippen molar-refractivity contribution in [3.63, 3.8) is 0 Å². The quantitative estimate of drug-likeness (QED) is 0.887. The summed E-state index contributed by atoms with van der Waals surface area (Å²) in [6, 6.07) is 8.33. The minimum atomic E-state index is 0.136. The number of hydrogen-bond donors (Lipinski definition) is 2. The average molecular weight is 274 g/mol. The van der Waals surface area contributed by atoms with Gasteiger partial charge in [-0.25, -0.2) is 0 Å². The molecule has 0 aromatic heterocycles. The first-order valence-corrected chi connectivity index (χ1v) is 7.65. The van der Waals surface area contributed by atoms with E-state index < -0.39 is 0 Å². The second-order valence-electron chi connectivity index (χ2n) is 6.23. The van der Waals surface area contributed by atoms with Crippen molar-refractivity contribution in [1.29, 1.82) is 0 Å². The van der Waals surface area contributed by atoms with E-state index in [1.54, 1.807) is 0 Å². The molecule has 0 spiro atoms. The Hall–Kier alpha value is -1.35. The van der Waals surface area contributed by atoms with Crippen LogP contribution in [0.5, 0.6) is 0 Å². The molecular formula is C17H26N2O. The molecule has 3 atom stereocenters. The molecule has 1 aromatic carbocycles. The molecule has 3 nitrogen and oxygen atoms in total. The summed E-state index contributed by atoms with van der Waals surface area (Å²) in [6.45, 7) is 5.14. The van der Waals surface area contributed by atoms with Gasteiger partial charge in [-0.2, -0.15) is 0 Å². The maximum absolute atomic E-state index is 12.1. The van der Waals surface area contributed by atoms with Gasteiger partial charge in [0.2, 0.25) is 5.91 Å². The lowest BCUT2D eigenvalue weighted by Crippen LogP contribution is -2.40. The molecule has 110 valence electrons. The minimum Gasteiger partial charge on any atom is -0.353 e. The van der Waals surface area contributed by atoms with Crippen molar-refractivity contribution in [2.45, 2.75) is 52.1 Å². The molecule has 1 saturated carbocycles. The molecule has 3 heteroatoms. The van der Waals surface area contributed by atoms with Gasteiger partial charge >= 0.3 is 0 Å². The number of benzene rings is 1. The van der Waals surface area contributed by atoms with Crippen molar-refractivity contribution < 1.29 is 4.79 Å². The zero-order chi connectivity index (χ0) is 14.5. The number of carbonyl (C=O) groups is 1. The smallest absolute Gasteiger partial charge is 0.224 e. The zero-order valence-electron chi connectivity index (χ0n) is 12.6. The van der Waals surface area contributed by atoms with Gasteiger partial charge in [-0.05, 0) is 42.2 Å². The Bertz CT molecular complexity index is 441. The summed E-state index contributed by atoms with van der Waals surface area (Å²) in [6.07, 6.45) is 3.91. The fraction of sp³-hybridized carbons (Fsp3) is 0.588. The number of nitrogens with two attached hydrogens (primary N) is 1. The van der Waals surface area contributed by atoms with Crippen LogP contribution in [0.1, 0.15) is 44.2 Å². The van der Waals surface area contributed by atoms with Gasteiger partial charge in [0.25, 0.3) is 0 Å². The molecule has 0 saturated heterocycles. The molecule has 0 aliphatic heterocycles.